The summed E-state index contributed by atoms with van der Waals surface area (Å²) in [5.74, 6) is 2.22. The van der Waals surface area contributed by atoms with Gasteiger partial charge >= 0.3 is 0 Å². The Balaban J connectivity index is 1.65. The summed E-state index contributed by atoms with van der Waals surface area (Å²) in [6.45, 7) is 2.62. The lowest BCUT2D eigenvalue weighted by molar-refractivity contribution is 0.341. The molecule has 0 saturated carbocycles. The fraction of sp³-hybridized carbons (Fsp3) is 0.222. The Morgan fingerprint density at radius 1 is 0.885 bits per heavy atom. The molecular formula is C18H17N3O3S2. The molecule has 8 heteroatoms. The van der Waals surface area contributed by atoms with Gasteiger partial charge in [-0.3, -0.25) is 0 Å². The highest BCUT2D eigenvalue weighted by atomic mass is 32.1. The first-order chi connectivity index (χ1) is 12.7. The van der Waals surface area contributed by atoms with Crippen LogP contribution >= 0.6 is 22.7 Å². The predicted molar refractivity (Wildman–Crippen MR) is 107 cm³/mol. The number of thiazole rings is 2. The van der Waals surface area contributed by atoms with Crippen LogP contribution in [0.3, 0.4) is 0 Å². The fourth-order valence-electron chi connectivity index (χ4n) is 2.61. The van der Waals surface area contributed by atoms with Crippen LogP contribution in [0, 0.1) is 0 Å². The average molecular weight is 387 g/mol. The number of fused-ring (bicyclic) bond motifs is 2. The quantitative estimate of drug-likeness (QED) is 0.498. The van der Waals surface area contributed by atoms with E-state index in [0.29, 0.717) is 18.1 Å². The van der Waals surface area contributed by atoms with Gasteiger partial charge in [-0.15, -0.1) is 0 Å². The Kier molecular flexibility index (Phi) is 4.52. The van der Waals surface area contributed by atoms with E-state index in [9.17, 15) is 0 Å². The highest BCUT2D eigenvalue weighted by Crippen LogP contribution is 2.38. The maximum absolute atomic E-state index is 5.55. The molecule has 1 N–H and O–H groups in total. The molecule has 134 valence electrons. The maximum Gasteiger partial charge on any atom is 0.190 e. The van der Waals surface area contributed by atoms with E-state index in [-0.39, 0.29) is 0 Å². The van der Waals surface area contributed by atoms with Gasteiger partial charge in [0.1, 0.15) is 5.75 Å². The van der Waals surface area contributed by atoms with Crippen molar-refractivity contribution in [3.63, 3.8) is 0 Å². The molecule has 2 aromatic heterocycles. The third-order valence-corrected chi connectivity index (χ3v) is 5.65. The molecule has 0 saturated heterocycles. The van der Waals surface area contributed by atoms with Crippen molar-refractivity contribution >= 4 is 53.4 Å². The van der Waals surface area contributed by atoms with Crippen LogP contribution in [-0.2, 0) is 0 Å². The van der Waals surface area contributed by atoms with Crippen molar-refractivity contribution in [3.05, 3.63) is 30.3 Å². The van der Waals surface area contributed by atoms with Gasteiger partial charge in [-0.2, -0.15) is 0 Å². The number of rotatable bonds is 6. The van der Waals surface area contributed by atoms with Gasteiger partial charge in [0.25, 0.3) is 0 Å². The van der Waals surface area contributed by atoms with Crippen molar-refractivity contribution in [2.24, 2.45) is 0 Å². The first-order valence-electron chi connectivity index (χ1n) is 8.03. The Bertz CT molecular complexity index is 1030. The Morgan fingerprint density at radius 3 is 2.23 bits per heavy atom. The summed E-state index contributed by atoms with van der Waals surface area (Å²) in [7, 11) is 3.24. The molecule has 0 fully saturated rings. The van der Waals surface area contributed by atoms with Crippen molar-refractivity contribution in [2.45, 2.75) is 6.92 Å². The zero-order valence-corrected chi connectivity index (χ0v) is 16.2. The summed E-state index contributed by atoms with van der Waals surface area (Å²) >= 11 is 3.12. The zero-order chi connectivity index (χ0) is 18.1. The summed E-state index contributed by atoms with van der Waals surface area (Å²) < 4.78 is 18.3. The van der Waals surface area contributed by atoms with Crippen LogP contribution in [0.2, 0.25) is 0 Å². The number of benzene rings is 2. The molecule has 0 bridgehead atoms. The van der Waals surface area contributed by atoms with Crippen molar-refractivity contribution in [1.29, 1.82) is 0 Å². The first-order valence-corrected chi connectivity index (χ1v) is 9.66. The van der Waals surface area contributed by atoms with Gasteiger partial charge in [-0.25, -0.2) is 9.97 Å². The lowest BCUT2D eigenvalue weighted by atomic mass is 10.3. The van der Waals surface area contributed by atoms with Crippen LogP contribution < -0.4 is 19.5 Å². The van der Waals surface area contributed by atoms with Gasteiger partial charge < -0.3 is 19.5 Å². The number of aromatic nitrogens is 2. The van der Waals surface area contributed by atoms with Gasteiger partial charge in [0.2, 0.25) is 0 Å². The van der Waals surface area contributed by atoms with E-state index >= 15 is 0 Å². The van der Waals surface area contributed by atoms with Crippen molar-refractivity contribution in [2.75, 3.05) is 26.1 Å². The van der Waals surface area contributed by atoms with E-state index in [4.69, 9.17) is 14.2 Å². The maximum atomic E-state index is 5.55. The third-order valence-electron chi connectivity index (χ3n) is 3.78. The van der Waals surface area contributed by atoms with E-state index in [1.807, 2.05) is 37.3 Å². The lowest BCUT2D eigenvalue weighted by Gasteiger charge is -2.05. The van der Waals surface area contributed by atoms with Gasteiger partial charge in [0.15, 0.2) is 21.8 Å². The normalized spacial score (nSPS) is 11.0. The Labute approximate surface area is 158 Å². The van der Waals surface area contributed by atoms with Gasteiger partial charge in [-0.05, 0) is 25.1 Å². The molecule has 2 heterocycles. The molecule has 6 nitrogen and oxygen atoms in total. The average Bonchev–Trinajstić information content (AvgIpc) is 3.22. The molecule has 2 aromatic carbocycles. The number of ether oxygens (including phenoxy) is 3. The number of hydrogen-bond donors (Lipinski definition) is 1. The van der Waals surface area contributed by atoms with E-state index in [0.717, 1.165) is 36.4 Å². The molecule has 0 atom stereocenters. The van der Waals surface area contributed by atoms with Gasteiger partial charge in [0.05, 0.1) is 41.3 Å². The summed E-state index contributed by atoms with van der Waals surface area (Å²) in [5.41, 5.74) is 1.79. The smallest absolute Gasteiger partial charge is 0.190 e. The highest BCUT2D eigenvalue weighted by Gasteiger charge is 2.12. The van der Waals surface area contributed by atoms with Gasteiger partial charge in [-0.1, -0.05) is 22.7 Å². The number of anilines is 2. The van der Waals surface area contributed by atoms with Crippen molar-refractivity contribution in [1.82, 2.24) is 9.97 Å². The topological polar surface area (TPSA) is 65.5 Å². The molecule has 26 heavy (non-hydrogen) atoms. The zero-order valence-electron chi connectivity index (χ0n) is 14.5. The second-order valence-corrected chi connectivity index (χ2v) is 7.46. The van der Waals surface area contributed by atoms with Gasteiger partial charge in [0, 0.05) is 12.1 Å². The number of hydrogen-bond acceptors (Lipinski definition) is 8. The standard InChI is InChI=1S/C18H17N3O3S2/c1-4-24-10-5-6-11-15(7-10)25-17(19-11)21-18-20-12-8-13(22-2)14(23-3)9-16(12)26-18/h5-9H,4H2,1-3H3,(H,19,20,21). The lowest BCUT2D eigenvalue weighted by Crippen LogP contribution is -1.90. The number of nitrogens with one attached hydrogen (secondary N) is 1. The molecule has 0 spiro atoms. The molecule has 0 aliphatic heterocycles. The summed E-state index contributed by atoms with van der Waals surface area (Å²) in [5, 5.41) is 4.88. The van der Waals surface area contributed by atoms with Crippen LogP contribution in [0.25, 0.3) is 20.4 Å². The molecule has 0 radical (unpaired) electrons. The first kappa shape index (κ1) is 16.9. The largest absolute Gasteiger partial charge is 0.494 e. The van der Waals surface area contributed by atoms with Crippen LogP contribution in [0.1, 0.15) is 6.92 Å². The Hall–Kier alpha value is -2.58. The van der Waals surface area contributed by atoms with Crippen molar-refractivity contribution < 1.29 is 14.2 Å². The molecule has 4 aromatic rings. The third kappa shape index (κ3) is 3.13. The summed E-state index contributed by atoms with van der Waals surface area (Å²) in [6.07, 6.45) is 0. The monoisotopic (exact) mass is 387 g/mol. The van der Waals surface area contributed by atoms with Crippen LogP contribution in [0.15, 0.2) is 30.3 Å². The fourth-order valence-corrected chi connectivity index (χ4v) is 4.45. The minimum absolute atomic E-state index is 0.647. The van der Waals surface area contributed by atoms with E-state index in [1.165, 1.54) is 0 Å². The molecule has 4 rings (SSSR count). The SMILES string of the molecule is CCOc1ccc2nc(Nc3nc4cc(OC)c(OC)cc4s3)sc2c1. The molecular weight excluding hydrogens is 370 g/mol. The molecule has 0 unspecified atom stereocenters. The van der Waals surface area contributed by atoms with E-state index in [1.54, 1.807) is 36.9 Å². The molecule has 0 amide bonds. The minimum atomic E-state index is 0.647. The van der Waals surface area contributed by atoms with Crippen molar-refractivity contribution in [3.8, 4) is 17.2 Å². The van der Waals surface area contributed by atoms with E-state index in [2.05, 4.69) is 15.3 Å². The number of nitrogens with zero attached hydrogens (tertiary/aromatic N) is 2. The predicted octanol–water partition coefficient (Wildman–Crippen LogP) is 5.07. The number of methoxy groups -OCH3 is 2. The van der Waals surface area contributed by atoms with Crippen LogP contribution in [0.5, 0.6) is 17.2 Å². The van der Waals surface area contributed by atoms with Crippen LogP contribution in [-0.4, -0.2) is 30.8 Å². The second-order valence-electron chi connectivity index (χ2n) is 5.40. The summed E-state index contributed by atoms with van der Waals surface area (Å²) in [4.78, 5) is 9.24. The summed E-state index contributed by atoms with van der Waals surface area (Å²) in [6, 6.07) is 9.73. The Morgan fingerprint density at radius 2 is 1.54 bits per heavy atom. The van der Waals surface area contributed by atoms with E-state index < -0.39 is 0 Å². The van der Waals surface area contributed by atoms with Crippen LogP contribution in [0.4, 0.5) is 10.3 Å². The highest BCUT2D eigenvalue weighted by molar-refractivity contribution is 7.24. The molecule has 0 aliphatic carbocycles. The molecule has 0 aliphatic rings. The second kappa shape index (κ2) is 6.97. The minimum Gasteiger partial charge on any atom is -0.494 e.